The number of rotatable bonds is 6. The van der Waals surface area contributed by atoms with Crippen molar-refractivity contribution in [1.29, 1.82) is 0 Å². The molecule has 35 heavy (non-hydrogen) atoms. The van der Waals surface area contributed by atoms with Crippen LogP contribution in [0.25, 0.3) is 11.5 Å². The lowest BCUT2D eigenvalue weighted by molar-refractivity contribution is -0.959. The van der Waals surface area contributed by atoms with E-state index in [0.29, 0.717) is 24.2 Å². The fourth-order valence-corrected chi connectivity index (χ4v) is 6.92. The van der Waals surface area contributed by atoms with Crippen LogP contribution in [-0.2, 0) is 16.1 Å². The van der Waals surface area contributed by atoms with Crippen LogP contribution in [0.4, 0.5) is 0 Å². The highest BCUT2D eigenvalue weighted by atomic mass is 16.5. The lowest BCUT2D eigenvalue weighted by Gasteiger charge is -2.51. The van der Waals surface area contributed by atoms with Gasteiger partial charge in [0.1, 0.15) is 6.54 Å². The van der Waals surface area contributed by atoms with E-state index in [1.165, 1.54) is 18.4 Å². The second-order valence-electron chi connectivity index (χ2n) is 11.1. The normalized spacial score (nSPS) is 29.5. The Bertz CT molecular complexity index is 1100. The smallest absolute Gasteiger partial charge is 0.316 e. The number of ether oxygens (including phenoxy) is 1. The second-order valence-corrected chi connectivity index (χ2v) is 11.1. The zero-order valence-electron chi connectivity index (χ0n) is 20.5. The fourth-order valence-electron chi connectivity index (χ4n) is 6.92. The molecule has 0 spiro atoms. The second kappa shape index (κ2) is 9.38. The van der Waals surface area contributed by atoms with Crippen LogP contribution in [0, 0.1) is 11.3 Å². The standard InChI is InChI=1S/C29H36N3O3/c33-28(29(24-12-6-7-13-24)16-8-1-2-9-17-29)34-25-20-32(18-14-22(25)15-19-32)21-26-30-31-27(35-26)23-10-4-3-5-11-23/h3-7,10-12,22,25H,1-2,8-9,13-21H2/q+1/t22?,25-,32?/m0/s1. The highest BCUT2D eigenvalue weighted by molar-refractivity contribution is 5.81. The summed E-state index contributed by atoms with van der Waals surface area (Å²) in [6, 6.07) is 9.92. The van der Waals surface area contributed by atoms with Gasteiger partial charge in [-0.25, -0.2) is 0 Å². The third-order valence-corrected chi connectivity index (χ3v) is 8.99. The van der Waals surface area contributed by atoms with Crippen LogP contribution in [0.2, 0.25) is 0 Å². The lowest BCUT2D eigenvalue weighted by Crippen LogP contribution is -2.64. The fraction of sp³-hybridized carbons (Fsp3) is 0.552. The number of fused-ring (bicyclic) bond motifs is 3. The highest BCUT2D eigenvalue weighted by Gasteiger charge is 2.51. The molecule has 3 aliphatic heterocycles. The number of piperidine rings is 3. The first-order chi connectivity index (χ1) is 17.2. The topological polar surface area (TPSA) is 65.2 Å². The van der Waals surface area contributed by atoms with Gasteiger partial charge in [0.05, 0.1) is 18.5 Å². The SMILES string of the molecule is O=C(O[C@H]1C[N+]2(Cc3nnc(-c4ccccc4)o3)CCC1CC2)C1(C2=CC=CC2)CCCCCC1. The molecule has 184 valence electrons. The highest BCUT2D eigenvalue weighted by Crippen LogP contribution is 2.47. The molecule has 2 bridgehead atoms. The van der Waals surface area contributed by atoms with Gasteiger partial charge in [-0.1, -0.05) is 62.1 Å². The van der Waals surface area contributed by atoms with Crippen molar-refractivity contribution >= 4 is 5.97 Å². The van der Waals surface area contributed by atoms with Gasteiger partial charge < -0.3 is 13.6 Å². The molecule has 1 saturated carbocycles. The van der Waals surface area contributed by atoms with Gasteiger partial charge in [-0.3, -0.25) is 4.79 Å². The minimum absolute atomic E-state index is 0.0170. The molecule has 4 heterocycles. The summed E-state index contributed by atoms with van der Waals surface area (Å²) in [7, 11) is 0. The van der Waals surface area contributed by atoms with E-state index in [2.05, 4.69) is 28.4 Å². The molecule has 5 aliphatic rings. The Morgan fingerprint density at radius 3 is 2.54 bits per heavy atom. The van der Waals surface area contributed by atoms with E-state index in [1.54, 1.807) is 0 Å². The molecule has 1 aromatic heterocycles. The summed E-state index contributed by atoms with van der Waals surface area (Å²) < 4.78 is 13.4. The molecule has 0 N–H and O–H groups in total. The Kier molecular flexibility index (Phi) is 6.09. The van der Waals surface area contributed by atoms with Gasteiger partial charge in [-0.05, 0) is 37.0 Å². The summed E-state index contributed by atoms with van der Waals surface area (Å²) in [6.07, 6.45) is 16.1. The van der Waals surface area contributed by atoms with Crippen molar-refractivity contribution in [2.45, 2.75) is 70.4 Å². The molecule has 2 aromatic rings. The van der Waals surface area contributed by atoms with Gasteiger partial charge in [0, 0.05) is 24.3 Å². The van der Waals surface area contributed by atoms with E-state index in [0.717, 1.165) is 74.6 Å². The Balaban J connectivity index is 1.18. The molecule has 1 atom stereocenters. The van der Waals surface area contributed by atoms with Crippen LogP contribution in [0.5, 0.6) is 0 Å². The quantitative estimate of drug-likeness (QED) is 0.309. The monoisotopic (exact) mass is 474 g/mol. The summed E-state index contributed by atoms with van der Waals surface area (Å²) >= 11 is 0. The van der Waals surface area contributed by atoms with E-state index in [9.17, 15) is 4.79 Å². The number of quaternary nitrogens is 1. The van der Waals surface area contributed by atoms with Crippen molar-refractivity contribution in [3.63, 3.8) is 0 Å². The Morgan fingerprint density at radius 2 is 1.83 bits per heavy atom. The maximum absolute atomic E-state index is 13.9. The van der Waals surface area contributed by atoms with E-state index < -0.39 is 5.41 Å². The van der Waals surface area contributed by atoms with E-state index in [4.69, 9.17) is 9.15 Å². The third kappa shape index (κ3) is 4.37. The average Bonchev–Trinajstić information content (AvgIpc) is 3.53. The Hall–Kier alpha value is -2.73. The zero-order valence-corrected chi connectivity index (χ0v) is 20.5. The summed E-state index contributed by atoms with van der Waals surface area (Å²) in [4.78, 5) is 13.9. The molecule has 2 aliphatic carbocycles. The average molecular weight is 475 g/mol. The molecule has 0 amide bonds. The number of hydrogen-bond acceptors (Lipinski definition) is 5. The minimum Gasteiger partial charge on any atom is -0.455 e. The molecule has 3 saturated heterocycles. The summed E-state index contributed by atoms with van der Waals surface area (Å²) in [6.45, 7) is 3.73. The first kappa shape index (κ1) is 22.7. The molecule has 7 rings (SSSR count). The number of allylic oxidation sites excluding steroid dienone is 3. The lowest BCUT2D eigenvalue weighted by atomic mass is 9.73. The third-order valence-electron chi connectivity index (χ3n) is 8.99. The Labute approximate surface area is 207 Å². The predicted octanol–water partition coefficient (Wildman–Crippen LogP) is 5.62. The van der Waals surface area contributed by atoms with Crippen LogP contribution < -0.4 is 0 Å². The number of nitrogens with zero attached hydrogens (tertiary/aromatic N) is 3. The number of carbonyl (C=O) groups excluding carboxylic acids is 1. The van der Waals surface area contributed by atoms with Crippen molar-refractivity contribution in [3.8, 4) is 11.5 Å². The van der Waals surface area contributed by atoms with Crippen LogP contribution in [0.15, 0.2) is 58.6 Å². The molecule has 0 radical (unpaired) electrons. The molecular formula is C29H36N3O3+. The minimum atomic E-state index is -0.423. The van der Waals surface area contributed by atoms with Crippen molar-refractivity contribution in [3.05, 3.63) is 60.0 Å². The van der Waals surface area contributed by atoms with Crippen LogP contribution in [0.1, 0.15) is 63.7 Å². The van der Waals surface area contributed by atoms with Crippen molar-refractivity contribution in [2.75, 3.05) is 19.6 Å². The van der Waals surface area contributed by atoms with Gasteiger partial charge in [0.2, 0.25) is 5.89 Å². The molecule has 0 unspecified atom stereocenters. The first-order valence-corrected chi connectivity index (χ1v) is 13.5. The van der Waals surface area contributed by atoms with E-state index in [1.807, 2.05) is 30.3 Å². The number of hydrogen-bond donors (Lipinski definition) is 0. The van der Waals surface area contributed by atoms with E-state index in [-0.39, 0.29) is 12.1 Å². The number of benzene rings is 1. The molecule has 4 fully saturated rings. The zero-order chi connectivity index (χ0) is 23.7. The largest absolute Gasteiger partial charge is 0.455 e. The predicted molar refractivity (Wildman–Crippen MR) is 133 cm³/mol. The van der Waals surface area contributed by atoms with Gasteiger partial charge in [0.15, 0.2) is 12.6 Å². The van der Waals surface area contributed by atoms with Gasteiger partial charge in [-0.2, -0.15) is 0 Å². The number of carbonyl (C=O) groups is 1. The van der Waals surface area contributed by atoms with Gasteiger partial charge >= 0.3 is 5.97 Å². The molecule has 6 heteroatoms. The van der Waals surface area contributed by atoms with Gasteiger partial charge in [0.25, 0.3) is 5.89 Å². The first-order valence-electron chi connectivity index (χ1n) is 13.5. The number of aromatic nitrogens is 2. The Morgan fingerprint density at radius 1 is 1.06 bits per heavy atom. The summed E-state index contributed by atoms with van der Waals surface area (Å²) in [5.74, 6) is 1.76. The maximum Gasteiger partial charge on any atom is 0.316 e. The number of esters is 1. The van der Waals surface area contributed by atoms with Crippen molar-refractivity contribution < 1.29 is 18.4 Å². The van der Waals surface area contributed by atoms with Gasteiger partial charge in [-0.15, -0.1) is 10.2 Å². The van der Waals surface area contributed by atoms with Crippen LogP contribution in [0.3, 0.4) is 0 Å². The van der Waals surface area contributed by atoms with Crippen LogP contribution >= 0.6 is 0 Å². The van der Waals surface area contributed by atoms with Crippen LogP contribution in [-0.4, -0.2) is 46.4 Å². The summed E-state index contributed by atoms with van der Waals surface area (Å²) in [5, 5.41) is 8.67. The molecular weight excluding hydrogens is 438 g/mol. The van der Waals surface area contributed by atoms with E-state index >= 15 is 0 Å². The molecule has 6 nitrogen and oxygen atoms in total. The summed E-state index contributed by atoms with van der Waals surface area (Å²) in [5.41, 5.74) is 1.79. The van der Waals surface area contributed by atoms with Crippen molar-refractivity contribution in [1.82, 2.24) is 10.2 Å². The van der Waals surface area contributed by atoms with Crippen molar-refractivity contribution in [2.24, 2.45) is 11.3 Å². The maximum atomic E-state index is 13.9. The molecule has 1 aromatic carbocycles.